The molecule has 1 heterocycles. The average molecular weight is 546 g/mol. The fourth-order valence-electron chi connectivity index (χ4n) is 10.9. The highest BCUT2D eigenvalue weighted by molar-refractivity contribution is 5.49. The van der Waals surface area contributed by atoms with Gasteiger partial charge in [0.15, 0.2) is 0 Å². The fourth-order valence-corrected chi connectivity index (χ4v) is 10.9. The molecule has 1 saturated heterocycles. The van der Waals surface area contributed by atoms with Crippen LogP contribution < -0.4 is 4.90 Å². The second-order valence-corrected chi connectivity index (χ2v) is 15.9. The van der Waals surface area contributed by atoms with E-state index in [-0.39, 0.29) is 11.2 Å². The van der Waals surface area contributed by atoms with Crippen molar-refractivity contribution in [3.8, 4) is 0 Å². The van der Waals surface area contributed by atoms with Gasteiger partial charge < -0.3 is 14.4 Å². The quantitative estimate of drug-likeness (QED) is 0.319. The molecule has 1 aromatic rings. The van der Waals surface area contributed by atoms with Gasteiger partial charge >= 0.3 is 0 Å². The lowest BCUT2D eigenvalue weighted by Gasteiger charge is -2.56. The summed E-state index contributed by atoms with van der Waals surface area (Å²) in [5.41, 5.74) is 7.14. The number of fused-ring (bicyclic) bond motifs is 4. The summed E-state index contributed by atoms with van der Waals surface area (Å²) >= 11 is 0. The number of hydrogen-bond donors (Lipinski definition) is 0. The standard InChI is InChI=1S/C37H55NO2/c1-35(2,39-22-18-25-7-8-25)33-16-15-32-30-14-11-27-23-37(19-6-21-40-37)20-17-29(27)34(30)31(24-36(32,33)3)26-9-12-28(13-10-26)38(4)5/h9-10,12-13,25,27,30-33H,6-8,11,14-24H2,1-5H3/t27?,30?,31-,32?,33-,36+,37?/m1/s1. The van der Waals surface area contributed by atoms with Gasteiger partial charge in [0.2, 0.25) is 0 Å². The fraction of sp³-hybridized carbons (Fsp3) is 0.784. The Morgan fingerprint density at radius 1 is 0.975 bits per heavy atom. The molecule has 1 spiro atoms. The molecule has 220 valence electrons. The lowest BCUT2D eigenvalue weighted by atomic mass is 9.49. The minimum absolute atomic E-state index is 0.0450. The van der Waals surface area contributed by atoms with Gasteiger partial charge in [-0.25, -0.2) is 0 Å². The molecule has 0 amide bonds. The monoisotopic (exact) mass is 545 g/mol. The maximum absolute atomic E-state index is 6.81. The van der Waals surface area contributed by atoms with Gasteiger partial charge in [-0.2, -0.15) is 0 Å². The lowest BCUT2D eigenvalue weighted by Crippen LogP contribution is -2.50. The van der Waals surface area contributed by atoms with Crippen molar-refractivity contribution in [1.82, 2.24) is 0 Å². The number of rotatable bonds is 7. The molecule has 1 aliphatic heterocycles. The summed E-state index contributed by atoms with van der Waals surface area (Å²) in [7, 11) is 4.32. The van der Waals surface area contributed by atoms with Crippen molar-refractivity contribution < 1.29 is 9.47 Å². The molecule has 5 aliphatic carbocycles. The molecule has 0 bridgehead atoms. The van der Waals surface area contributed by atoms with E-state index in [1.165, 1.54) is 89.2 Å². The Bertz CT molecular complexity index is 1110. The minimum atomic E-state index is -0.0450. The molecule has 7 rings (SSSR count). The van der Waals surface area contributed by atoms with Crippen LogP contribution in [0.25, 0.3) is 0 Å². The summed E-state index contributed by atoms with van der Waals surface area (Å²) in [5.74, 6) is 4.46. The SMILES string of the molecule is CN(C)c1ccc([C@H]2C[C@@]3(C)C(CC[C@@H]3C(C)(C)OCCC3CC3)C3CCC4CC5(CCCO5)CCC4=C32)cc1. The largest absolute Gasteiger partial charge is 0.378 e. The summed E-state index contributed by atoms with van der Waals surface area (Å²) in [5, 5.41) is 0. The molecule has 3 heteroatoms. The van der Waals surface area contributed by atoms with E-state index in [0.717, 1.165) is 36.9 Å². The summed E-state index contributed by atoms with van der Waals surface area (Å²) in [6.07, 6.45) is 17.3. The highest BCUT2D eigenvalue weighted by Crippen LogP contribution is 2.68. The third-order valence-corrected chi connectivity index (χ3v) is 13.0. The van der Waals surface area contributed by atoms with E-state index in [4.69, 9.17) is 9.47 Å². The first kappa shape index (κ1) is 27.5. The van der Waals surface area contributed by atoms with Crippen molar-refractivity contribution in [2.75, 3.05) is 32.2 Å². The number of allylic oxidation sites excluding steroid dienone is 2. The number of hydrogen-bond acceptors (Lipinski definition) is 3. The van der Waals surface area contributed by atoms with E-state index in [1.807, 2.05) is 11.1 Å². The zero-order valence-corrected chi connectivity index (χ0v) is 26.1. The van der Waals surface area contributed by atoms with E-state index in [2.05, 4.69) is 64.0 Å². The Hall–Kier alpha value is -1.32. The molecule has 1 aromatic carbocycles. The predicted molar refractivity (Wildman–Crippen MR) is 165 cm³/mol. The van der Waals surface area contributed by atoms with E-state index in [0.29, 0.717) is 17.3 Å². The van der Waals surface area contributed by atoms with Gasteiger partial charge in [0.1, 0.15) is 0 Å². The third-order valence-electron chi connectivity index (χ3n) is 13.0. The first-order valence-corrected chi connectivity index (χ1v) is 17.0. The van der Waals surface area contributed by atoms with Crippen molar-refractivity contribution in [3.05, 3.63) is 41.0 Å². The molecule has 0 aromatic heterocycles. The molecule has 3 nitrogen and oxygen atoms in total. The smallest absolute Gasteiger partial charge is 0.0692 e. The van der Waals surface area contributed by atoms with Crippen molar-refractivity contribution in [1.29, 1.82) is 0 Å². The Balaban J connectivity index is 1.24. The van der Waals surface area contributed by atoms with Crippen LogP contribution in [-0.2, 0) is 9.47 Å². The average Bonchev–Trinajstić information content (AvgIpc) is 3.53. The van der Waals surface area contributed by atoms with Crippen molar-refractivity contribution in [2.45, 2.75) is 121 Å². The molecule has 4 unspecified atom stereocenters. The van der Waals surface area contributed by atoms with E-state index < -0.39 is 0 Å². The molecular weight excluding hydrogens is 490 g/mol. The van der Waals surface area contributed by atoms with Crippen LogP contribution in [0.5, 0.6) is 0 Å². The van der Waals surface area contributed by atoms with Crippen molar-refractivity contribution >= 4 is 5.69 Å². The summed E-state index contributed by atoms with van der Waals surface area (Å²) in [6.45, 7) is 9.51. The summed E-state index contributed by atoms with van der Waals surface area (Å²) < 4.78 is 13.3. The zero-order valence-electron chi connectivity index (χ0n) is 26.1. The van der Waals surface area contributed by atoms with E-state index in [1.54, 1.807) is 5.56 Å². The van der Waals surface area contributed by atoms with Crippen LogP contribution in [0.3, 0.4) is 0 Å². The first-order chi connectivity index (χ1) is 19.2. The maximum atomic E-state index is 6.81. The number of anilines is 1. The van der Waals surface area contributed by atoms with Crippen LogP contribution in [0, 0.1) is 35.0 Å². The molecule has 6 aliphatic rings. The highest BCUT2D eigenvalue weighted by atomic mass is 16.5. The van der Waals surface area contributed by atoms with Crippen molar-refractivity contribution in [2.24, 2.45) is 35.0 Å². The van der Waals surface area contributed by atoms with Crippen LogP contribution in [-0.4, -0.2) is 38.5 Å². The Morgan fingerprint density at radius 2 is 1.77 bits per heavy atom. The first-order valence-electron chi connectivity index (χ1n) is 17.0. The Labute approximate surface area is 244 Å². The second kappa shape index (κ2) is 10.1. The summed E-state index contributed by atoms with van der Waals surface area (Å²) in [6, 6.07) is 9.68. The molecular formula is C37H55NO2. The van der Waals surface area contributed by atoms with Gasteiger partial charge in [-0.05, 0) is 137 Å². The van der Waals surface area contributed by atoms with Crippen LogP contribution >= 0.6 is 0 Å². The van der Waals surface area contributed by atoms with E-state index in [9.17, 15) is 0 Å². The van der Waals surface area contributed by atoms with Crippen LogP contribution in [0.1, 0.15) is 116 Å². The third kappa shape index (κ3) is 4.70. The van der Waals surface area contributed by atoms with Gasteiger partial charge in [-0.3, -0.25) is 0 Å². The molecule has 0 N–H and O–H groups in total. The van der Waals surface area contributed by atoms with E-state index >= 15 is 0 Å². The number of ether oxygens (including phenoxy) is 2. The molecule has 7 atom stereocenters. The number of nitrogens with zero attached hydrogens (tertiary/aromatic N) is 1. The number of benzene rings is 1. The van der Waals surface area contributed by atoms with Crippen LogP contribution in [0.2, 0.25) is 0 Å². The van der Waals surface area contributed by atoms with Crippen LogP contribution in [0.15, 0.2) is 35.4 Å². The normalized spacial score (nSPS) is 39.3. The lowest BCUT2D eigenvalue weighted by molar-refractivity contribution is -0.108. The zero-order chi connectivity index (χ0) is 27.7. The summed E-state index contributed by atoms with van der Waals surface area (Å²) in [4.78, 5) is 2.24. The molecule has 0 radical (unpaired) electrons. The minimum Gasteiger partial charge on any atom is -0.378 e. The van der Waals surface area contributed by atoms with Crippen LogP contribution in [0.4, 0.5) is 5.69 Å². The van der Waals surface area contributed by atoms with Gasteiger partial charge in [0.05, 0.1) is 11.2 Å². The van der Waals surface area contributed by atoms with Gasteiger partial charge in [0, 0.05) is 38.9 Å². The Kier molecular flexibility index (Phi) is 6.98. The Morgan fingerprint density at radius 3 is 2.48 bits per heavy atom. The molecule has 4 saturated carbocycles. The molecule has 5 fully saturated rings. The topological polar surface area (TPSA) is 21.7 Å². The predicted octanol–water partition coefficient (Wildman–Crippen LogP) is 8.92. The van der Waals surface area contributed by atoms with Gasteiger partial charge in [-0.15, -0.1) is 0 Å². The second-order valence-electron chi connectivity index (χ2n) is 15.9. The highest BCUT2D eigenvalue weighted by Gasteiger charge is 2.60. The van der Waals surface area contributed by atoms with Gasteiger partial charge in [-0.1, -0.05) is 43.0 Å². The molecule has 40 heavy (non-hydrogen) atoms. The van der Waals surface area contributed by atoms with Crippen molar-refractivity contribution in [3.63, 3.8) is 0 Å². The maximum Gasteiger partial charge on any atom is 0.0692 e. The van der Waals surface area contributed by atoms with Gasteiger partial charge in [0.25, 0.3) is 0 Å².